The summed E-state index contributed by atoms with van der Waals surface area (Å²) in [6, 6.07) is 15.3. The molecule has 1 nitrogen and oxygen atoms in total. The van der Waals surface area contributed by atoms with Gasteiger partial charge in [0.1, 0.15) is 5.82 Å². The maximum absolute atomic E-state index is 14.4. The molecule has 1 aliphatic carbocycles. The van der Waals surface area contributed by atoms with Gasteiger partial charge in [0.15, 0.2) is 0 Å². The molecule has 22 heavy (non-hydrogen) atoms. The van der Waals surface area contributed by atoms with E-state index in [-0.39, 0.29) is 11.9 Å². The molecule has 2 heteroatoms. The average Bonchev–Trinajstić information content (AvgIpc) is 2.53. The lowest BCUT2D eigenvalue weighted by molar-refractivity contribution is 0.619. The SMILES string of the molecule is CC1=CCC(N(c2ccc(C)cc2)c2ccccc2F)C=C1. The molecular formula is C20H20FN. The Morgan fingerprint density at radius 1 is 1.00 bits per heavy atom. The molecule has 2 aromatic carbocycles. The van der Waals surface area contributed by atoms with E-state index in [2.05, 4.69) is 61.2 Å². The number of halogens is 1. The molecule has 2 aromatic rings. The highest BCUT2D eigenvalue weighted by Gasteiger charge is 2.21. The van der Waals surface area contributed by atoms with Crippen LogP contribution in [0.15, 0.2) is 72.3 Å². The largest absolute Gasteiger partial charge is 0.332 e. The smallest absolute Gasteiger partial charge is 0.146 e. The van der Waals surface area contributed by atoms with Gasteiger partial charge in [-0.2, -0.15) is 0 Å². The van der Waals surface area contributed by atoms with Crippen LogP contribution in [0.3, 0.4) is 0 Å². The minimum absolute atomic E-state index is 0.128. The molecule has 1 atom stereocenters. The van der Waals surface area contributed by atoms with Gasteiger partial charge in [0.05, 0.1) is 11.7 Å². The van der Waals surface area contributed by atoms with Crippen molar-refractivity contribution < 1.29 is 4.39 Å². The Hall–Kier alpha value is -2.35. The fourth-order valence-electron chi connectivity index (χ4n) is 2.77. The maximum Gasteiger partial charge on any atom is 0.146 e. The third-order valence-corrected chi connectivity index (χ3v) is 4.02. The summed E-state index contributed by atoms with van der Waals surface area (Å²) in [6.07, 6.45) is 7.34. The highest BCUT2D eigenvalue weighted by molar-refractivity contribution is 5.66. The fourth-order valence-corrected chi connectivity index (χ4v) is 2.77. The van der Waals surface area contributed by atoms with Crippen LogP contribution < -0.4 is 4.90 Å². The standard InChI is InChI=1S/C20H20FN/c1-15-7-11-17(12-8-15)22(18-13-9-16(2)10-14-18)20-6-4-3-5-19(20)21/h3-13,18H,14H2,1-2H3. The van der Waals surface area contributed by atoms with E-state index < -0.39 is 0 Å². The van der Waals surface area contributed by atoms with Gasteiger partial charge in [-0.15, -0.1) is 0 Å². The van der Waals surface area contributed by atoms with E-state index in [0.717, 1.165) is 12.1 Å². The molecule has 1 unspecified atom stereocenters. The summed E-state index contributed by atoms with van der Waals surface area (Å²) in [4.78, 5) is 2.08. The van der Waals surface area contributed by atoms with E-state index in [1.54, 1.807) is 6.07 Å². The number of anilines is 2. The number of para-hydroxylation sites is 1. The summed E-state index contributed by atoms with van der Waals surface area (Å²) >= 11 is 0. The second-order valence-electron chi connectivity index (χ2n) is 5.77. The Morgan fingerprint density at radius 3 is 2.36 bits per heavy atom. The summed E-state index contributed by atoms with van der Waals surface area (Å²) < 4.78 is 14.4. The van der Waals surface area contributed by atoms with Gasteiger partial charge >= 0.3 is 0 Å². The number of hydrogen-bond donors (Lipinski definition) is 0. The molecule has 0 N–H and O–H groups in total. The van der Waals surface area contributed by atoms with Crippen LogP contribution >= 0.6 is 0 Å². The van der Waals surface area contributed by atoms with E-state index in [9.17, 15) is 4.39 Å². The van der Waals surface area contributed by atoms with Crippen molar-refractivity contribution >= 4 is 11.4 Å². The van der Waals surface area contributed by atoms with Gasteiger partial charge in [-0.1, -0.05) is 53.6 Å². The molecule has 112 valence electrons. The number of aryl methyl sites for hydroxylation is 1. The number of hydrogen-bond acceptors (Lipinski definition) is 1. The van der Waals surface area contributed by atoms with Crippen LogP contribution in [0.1, 0.15) is 18.9 Å². The van der Waals surface area contributed by atoms with E-state index in [0.29, 0.717) is 5.69 Å². The molecule has 0 spiro atoms. The van der Waals surface area contributed by atoms with Crippen LogP contribution in [0.5, 0.6) is 0 Å². The maximum atomic E-state index is 14.4. The second-order valence-corrected chi connectivity index (χ2v) is 5.77. The molecule has 0 amide bonds. The topological polar surface area (TPSA) is 3.24 Å². The van der Waals surface area contributed by atoms with Crippen molar-refractivity contribution in [3.05, 3.63) is 83.7 Å². The van der Waals surface area contributed by atoms with Crippen molar-refractivity contribution in [2.75, 3.05) is 4.90 Å². The normalized spacial score (nSPS) is 17.2. The van der Waals surface area contributed by atoms with Crippen molar-refractivity contribution in [2.24, 2.45) is 0 Å². The molecule has 0 aliphatic heterocycles. The zero-order chi connectivity index (χ0) is 15.5. The Morgan fingerprint density at radius 2 is 1.73 bits per heavy atom. The van der Waals surface area contributed by atoms with Gasteiger partial charge in [0, 0.05) is 5.69 Å². The monoisotopic (exact) mass is 293 g/mol. The third kappa shape index (κ3) is 2.96. The summed E-state index contributed by atoms with van der Waals surface area (Å²) in [5, 5.41) is 0. The average molecular weight is 293 g/mol. The van der Waals surface area contributed by atoms with Crippen molar-refractivity contribution in [3.8, 4) is 0 Å². The Balaban J connectivity index is 2.05. The summed E-state index contributed by atoms with van der Waals surface area (Å²) in [7, 11) is 0. The first-order valence-electron chi connectivity index (χ1n) is 7.60. The zero-order valence-corrected chi connectivity index (χ0v) is 13.0. The van der Waals surface area contributed by atoms with E-state index in [1.807, 2.05) is 12.1 Å². The minimum Gasteiger partial charge on any atom is -0.332 e. The van der Waals surface area contributed by atoms with Gasteiger partial charge in [0.2, 0.25) is 0 Å². The van der Waals surface area contributed by atoms with Crippen LogP contribution in [0, 0.1) is 12.7 Å². The van der Waals surface area contributed by atoms with Crippen molar-refractivity contribution in [1.29, 1.82) is 0 Å². The molecule has 0 saturated carbocycles. The molecule has 0 heterocycles. The van der Waals surface area contributed by atoms with E-state index in [4.69, 9.17) is 0 Å². The van der Waals surface area contributed by atoms with E-state index >= 15 is 0 Å². The third-order valence-electron chi connectivity index (χ3n) is 4.02. The molecule has 3 rings (SSSR count). The van der Waals surface area contributed by atoms with Crippen molar-refractivity contribution in [1.82, 2.24) is 0 Å². The summed E-state index contributed by atoms with van der Waals surface area (Å²) in [5.41, 5.74) is 4.09. The Labute approximate surface area is 131 Å². The summed E-state index contributed by atoms with van der Waals surface area (Å²) in [5.74, 6) is -0.192. The van der Waals surface area contributed by atoms with Crippen molar-refractivity contribution in [3.63, 3.8) is 0 Å². The van der Waals surface area contributed by atoms with Crippen LogP contribution in [0.25, 0.3) is 0 Å². The first kappa shape index (κ1) is 14.6. The molecule has 0 aromatic heterocycles. The second kappa shape index (κ2) is 6.18. The predicted octanol–water partition coefficient (Wildman–Crippen LogP) is 5.55. The number of nitrogens with zero attached hydrogens (tertiary/aromatic N) is 1. The number of allylic oxidation sites excluding steroid dienone is 2. The lowest BCUT2D eigenvalue weighted by Crippen LogP contribution is -2.30. The van der Waals surface area contributed by atoms with Gasteiger partial charge in [-0.3, -0.25) is 0 Å². The Bertz CT molecular complexity index is 713. The fraction of sp³-hybridized carbons (Fsp3) is 0.200. The molecule has 1 aliphatic rings. The van der Waals surface area contributed by atoms with Crippen LogP contribution in [-0.4, -0.2) is 6.04 Å². The van der Waals surface area contributed by atoms with Gasteiger partial charge in [-0.05, 0) is 44.5 Å². The highest BCUT2D eigenvalue weighted by atomic mass is 19.1. The zero-order valence-electron chi connectivity index (χ0n) is 13.0. The number of rotatable bonds is 3. The quantitative estimate of drug-likeness (QED) is 0.717. The molecule has 0 saturated heterocycles. The van der Waals surface area contributed by atoms with Crippen molar-refractivity contribution in [2.45, 2.75) is 26.3 Å². The van der Waals surface area contributed by atoms with Gasteiger partial charge < -0.3 is 4.90 Å². The van der Waals surface area contributed by atoms with Gasteiger partial charge in [-0.25, -0.2) is 4.39 Å². The minimum atomic E-state index is -0.192. The van der Waals surface area contributed by atoms with Crippen LogP contribution in [0.2, 0.25) is 0 Å². The van der Waals surface area contributed by atoms with Crippen LogP contribution in [-0.2, 0) is 0 Å². The van der Waals surface area contributed by atoms with Crippen LogP contribution in [0.4, 0.5) is 15.8 Å². The lowest BCUT2D eigenvalue weighted by atomic mass is 10.0. The van der Waals surface area contributed by atoms with E-state index in [1.165, 1.54) is 17.2 Å². The highest BCUT2D eigenvalue weighted by Crippen LogP contribution is 2.33. The van der Waals surface area contributed by atoms with Gasteiger partial charge in [0.25, 0.3) is 0 Å². The first-order valence-corrected chi connectivity index (χ1v) is 7.60. The summed E-state index contributed by atoms with van der Waals surface area (Å²) in [6.45, 7) is 4.15. The number of benzene rings is 2. The molecule has 0 radical (unpaired) electrons. The predicted molar refractivity (Wildman–Crippen MR) is 91.0 cm³/mol. The molecule has 0 bridgehead atoms. The molecular weight excluding hydrogens is 273 g/mol. The Kier molecular flexibility index (Phi) is 4.10. The molecule has 0 fully saturated rings. The first-order chi connectivity index (χ1) is 10.6. The lowest BCUT2D eigenvalue weighted by Gasteiger charge is -2.33.